The van der Waals surface area contributed by atoms with Gasteiger partial charge in [0, 0.05) is 11.1 Å². The standard InChI is InChI=1S/C13H17NO3/c1-13(2,3)14-7-12(17)9-4-5-11(16)10(6-9)8-15/h4-6,8,14,16H,7H2,1-3H3. The second-order valence-corrected chi connectivity index (χ2v) is 4.92. The zero-order valence-electron chi connectivity index (χ0n) is 10.3. The molecular weight excluding hydrogens is 218 g/mol. The predicted molar refractivity (Wildman–Crippen MR) is 65.6 cm³/mol. The largest absolute Gasteiger partial charge is 0.507 e. The van der Waals surface area contributed by atoms with Crippen LogP contribution in [0, 0.1) is 0 Å². The highest BCUT2D eigenvalue weighted by atomic mass is 16.3. The van der Waals surface area contributed by atoms with Crippen LogP contribution in [0.25, 0.3) is 0 Å². The van der Waals surface area contributed by atoms with Gasteiger partial charge >= 0.3 is 0 Å². The molecule has 0 radical (unpaired) electrons. The van der Waals surface area contributed by atoms with Gasteiger partial charge in [0.1, 0.15) is 5.75 Å². The van der Waals surface area contributed by atoms with Crippen LogP contribution in [0.1, 0.15) is 41.5 Å². The van der Waals surface area contributed by atoms with Crippen LogP contribution in [-0.2, 0) is 0 Å². The second kappa shape index (κ2) is 5.10. The highest BCUT2D eigenvalue weighted by molar-refractivity contribution is 5.99. The van der Waals surface area contributed by atoms with Crippen LogP contribution in [0.4, 0.5) is 0 Å². The molecule has 0 aliphatic carbocycles. The van der Waals surface area contributed by atoms with Gasteiger partial charge in [-0.3, -0.25) is 9.59 Å². The fraction of sp³-hybridized carbons (Fsp3) is 0.385. The molecular formula is C13H17NO3. The maximum Gasteiger partial charge on any atom is 0.176 e. The van der Waals surface area contributed by atoms with Crippen molar-refractivity contribution < 1.29 is 14.7 Å². The fourth-order valence-electron chi connectivity index (χ4n) is 1.27. The summed E-state index contributed by atoms with van der Waals surface area (Å²) in [5, 5.41) is 12.4. The summed E-state index contributed by atoms with van der Waals surface area (Å²) < 4.78 is 0. The quantitative estimate of drug-likeness (QED) is 0.616. The Hall–Kier alpha value is -1.68. The second-order valence-electron chi connectivity index (χ2n) is 4.92. The Morgan fingerprint density at radius 2 is 2.06 bits per heavy atom. The van der Waals surface area contributed by atoms with Gasteiger partial charge in [0.15, 0.2) is 12.1 Å². The van der Waals surface area contributed by atoms with E-state index < -0.39 is 0 Å². The molecule has 1 aromatic rings. The third-order valence-corrected chi connectivity index (χ3v) is 2.26. The number of aldehydes is 1. The first-order valence-electron chi connectivity index (χ1n) is 5.40. The van der Waals surface area contributed by atoms with E-state index in [9.17, 15) is 14.7 Å². The van der Waals surface area contributed by atoms with E-state index in [-0.39, 0.29) is 29.2 Å². The minimum absolute atomic E-state index is 0.108. The van der Waals surface area contributed by atoms with E-state index in [0.717, 1.165) is 0 Å². The molecule has 0 fully saturated rings. The van der Waals surface area contributed by atoms with Gasteiger partial charge in [-0.05, 0) is 39.0 Å². The molecule has 92 valence electrons. The Morgan fingerprint density at radius 3 is 2.59 bits per heavy atom. The number of carbonyl (C=O) groups is 2. The summed E-state index contributed by atoms with van der Waals surface area (Å²) in [7, 11) is 0. The van der Waals surface area contributed by atoms with Crippen LogP contribution in [0.5, 0.6) is 5.75 Å². The number of benzene rings is 1. The number of phenolic OH excluding ortho intramolecular Hbond substituents is 1. The van der Waals surface area contributed by atoms with Crippen molar-refractivity contribution >= 4 is 12.1 Å². The number of hydrogen-bond acceptors (Lipinski definition) is 4. The minimum atomic E-state index is -0.139. The Bertz CT molecular complexity index is 433. The van der Waals surface area contributed by atoms with Crippen molar-refractivity contribution in [2.45, 2.75) is 26.3 Å². The molecule has 0 bridgehead atoms. The van der Waals surface area contributed by atoms with Gasteiger partial charge in [-0.15, -0.1) is 0 Å². The summed E-state index contributed by atoms with van der Waals surface area (Å²) in [5.41, 5.74) is 0.410. The topological polar surface area (TPSA) is 66.4 Å². The summed E-state index contributed by atoms with van der Waals surface area (Å²) in [6.45, 7) is 6.10. The molecule has 0 aliphatic heterocycles. The summed E-state index contributed by atoms with van der Waals surface area (Å²) in [6, 6.07) is 4.26. The molecule has 17 heavy (non-hydrogen) atoms. The first kappa shape index (κ1) is 13.4. The minimum Gasteiger partial charge on any atom is -0.507 e. The van der Waals surface area contributed by atoms with Crippen molar-refractivity contribution in [2.75, 3.05) is 6.54 Å². The third-order valence-electron chi connectivity index (χ3n) is 2.26. The number of carbonyl (C=O) groups excluding carboxylic acids is 2. The van der Waals surface area contributed by atoms with Gasteiger partial charge < -0.3 is 10.4 Å². The fourth-order valence-corrected chi connectivity index (χ4v) is 1.27. The Kier molecular flexibility index (Phi) is 4.02. The Morgan fingerprint density at radius 1 is 1.41 bits per heavy atom. The summed E-state index contributed by atoms with van der Waals surface area (Å²) >= 11 is 0. The third kappa shape index (κ3) is 4.00. The monoisotopic (exact) mass is 235 g/mol. The number of aromatic hydroxyl groups is 1. The molecule has 4 heteroatoms. The van der Waals surface area contributed by atoms with Gasteiger partial charge in [0.05, 0.1) is 12.1 Å². The van der Waals surface area contributed by atoms with Gasteiger partial charge in [-0.2, -0.15) is 0 Å². The van der Waals surface area contributed by atoms with Crippen LogP contribution in [0.2, 0.25) is 0 Å². The number of Topliss-reactive ketones (excluding diaryl/α,β-unsaturated/α-hetero) is 1. The Labute approximate surface area is 101 Å². The highest BCUT2D eigenvalue weighted by Gasteiger charge is 2.13. The summed E-state index contributed by atoms with van der Waals surface area (Å²) in [6.07, 6.45) is 0.531. The maximum atomic E-state index is 11.8. The van der Waals surface area contributed by atoms with Gasteiger partial charge in [0.2, 0.25) is 0 Å². The maximum absolute atomic E-state index is 11.8. The van der Waals surface area contributed by atoms with Crippen LogP contribution in [-0.4, -0.2) is 29.3 Å². The van der Waals surface area contributed by atoms with Crippen molar-refractivity contribution in [1.29, 1.82) is 0 Å². The lowest BCUT2D eigenvalue weighted by Crippen LogP contribution is -2.39. The van der Waals surface area contributed by atoms with Crippen molar-refractivity contribution in [3.05, 3.63) is 29.3 Å². The molecule has 0 amide bonds. The molecule has 2 N–H and O–H groups in total. The predicted octanol–water partition coefficient (Wildman–Crippen LogP) is 1.78. The number of hydrogen-bond donors (Lipinski definition) is 2. The summed E-state index contributed by atoms with van der Waals surface area (Å²) in [5.74, 6) is -0.219. The molecule has 0 heterocycles. The first-order chi connectivity index (χ1) is 7.83. The summed E-state index contributed by atoms with van der Waals surface area (Å²) in [4.78, 5) is 22.4. The van der Waals surface area contributed by atoms with Gasteiger partial charge in [-0.25, -0.2) is 0 Å². The number of phenols is 1. The molecule has 0 atom stereocenters. The molecule has 0 aliphatic rings. The molecule has 1 rings (SSSR count). The highest BCUT2D eigenvalue weighted by Crippen LogP contribution is 2.16. The van der Waals surface area contributed by atoms with Crippen LogP contribution >= 0.6 is 0 Å². The Balaban J connectivity index is 2.79. The lowest BCUT2D eigenvalue weighted by Gasteiger charge is -2.19. The van der Waals surface area contributed by atoms with Crippen molar-refractivity contribution in [1.82, 2.24) is 5.32 Å². The van der Waals surface area contributed by atoms with E-state index >= 15 is 0 Å². The van der Waals surface area contributed by atoms with Gasteiger partial charge in [0.25, 0.3) is 0 Å². The molecule has 0 aromatic heterocycles. The SMILES string of the molecule is CC(C)(C)NCC(=O)c1ccc(O)c(C=O)c1. The molecule has 0 spiro atoms. The van der Waals surface area contributed by atoms with E-state index in [1.165, 1.54) is 18.2 Å². The van der Waals surface area contributed by atoms with E-state index in [4.69, 9.17) is 0 Å². The van der Waals surface area contributed by atoms with Crippen molar-refractivity contribution in [2.24, 2.45) is 0 Å². The number of nitrogens with one attached hydrogen (secondary N) is 1. The normalized spacial score (nSPS) is 11.2. The molecule has 4 nitrogen and oxygen atoms in total. The van der Waals surface area contributed by atoms with Crippen molar-refractivity contribution in [3.8, 4) is 5.75 Å². The van der Waals surface area contributed by atoms with Crippen molar-refractivity contribution in [3.63, 3.8) is 0 Å². The van der Waals surface area contributed by atoms with Crippen LogP contribution < -0.4 is 5.32 Å². The smallest absolute Gasteiger partial charge is 0.176 e. The molecule has 1 aromatic carbocycles. The van der Waals surface area contributed by atoms with E-state index in [0.29, 0.717) is 11.8 Å². The number of rotatable bonds is 4. The lowest BCUT2D eigenvalue weighted by atomic mass is 10.0. The zero-order chi connectivity index (χ0) is 13.1. The average Bonchev–Trinajstić information content (AvgIpc) is 2.25. The molecule has 0 unspecified atom stereocenters. The molecule has 0 saturated carbocycles. The lowest BCUT2D eigenvalue weighted by molar-refractivity contribution is 0.0982. The van der Waals surface area contributed by atoms with Gasteiger partial charge in [-0.1, -0.05) is 0 Å². The van der Waals surface area contributed by atoms with E-state index in [1.807, 2.05) is 20.8 Å². The first-order valence-corrected chi connectivity index (χ1v) is 5.40. The molecule has 0 saturated heterocycles. The number of ketones is 1. The zero-order valence-corrected chi connectivity index (χ0v) is 10.3. The van der Waals surface area contributed by atoms with Crippen LogP contribution in [0.3, 0.4) is 0 Å². The van der Waals surface area contributed by atoms with E-state index in [2.05, 4.69) is 5.32 Å². The van der Waals surface area contributed by atoms with Crippen LogP contribution in [0.15, 0.2) is 18.2 Å². The average molecular weight is 235 g/mol. The van der Waals surface area contributed by atoms with E-state index in [1.54, 1.807) is 0 Å².